The predicted octanol–water partition coefficient (Wildman–Crippen LogP) is 5.11. The zero-order valence-electron chi connectivity index (χ0n) is 8.98. The summed E-state index contributed by atoms with van der Waals surface area (Å²) in [5.74, 6) is -4.13. The summed E-state index contributed by atoms with van der Waals surface area (Å²) < 4.78 is 50.9. The number of halogens is 6. The standard InChI is InChI=1S/C8H10Cl3F3NOP/c1-5-3-7(9,8(12,13)14)15(4-6(5)2)17(10,11)16/h3-4H2,1-2H3. The summed E-state index contributed by atoms with van der Waals surface area (Å²) in [6.07, 6.45) is -5.29. The highest BCUT2D eigenvalue weighted by molar-refractivity contribution is 8.07. The topological polar surface area (TPSA) is 20.3 Å². The fraction of sp³-hybridized carbons (Fsp3) is 0.750. The second-order valence-electron chi connectivity index (χ2n) is 3.99. The fourth-order valence-electron chi connectivity index (χ4n) is 1.59. The molecule has 0 N–H and O–H groups in total. The molecule has 0 aliphatic carbocycles. The molecule has 1 unspecified atom stereocenters. The second-order valence-corrected chi connectivity index (χ2v) is 9.23. The molecule has 0 aromatic carbocycles. The molecule has 1 rings (SSSR count). The van der Waals surface area contributed by atoms with Crippen LogP contribution in [0, 0.1) is 0 Å². The van der Waals surface area contributed by atoms with Crippen LogP contribution in [0.3, 0.4) is 0 Å². The zero-order chi connectivity index (χ0) is 13.6. The van der Waals surface area contributed by atoms with Crippen LogP contribution in [0.1, 0.15) is 20.3 Å². The van der Waals surface area contributed by atoms with Crippen molar-refractivity contribution in [1.29, 1.82) is 0 Å². The Morgan fingerprint density at radius 1 is 1.29 bits per heavy atom. The first-order chi connectivity index (χ1) is 7.39. The molecule has 0 radical (unpaired) electrons. The summed E-state index contributed by atoms with van der Waals surface area (Å²) in [4.78, 5) is -2.81. The van der Waals surface area contributed by atoms with E-state index in [1.165, 1.54) is 0 Å². The SMILES string of the molecule is CC1=C(C)CC(Cl)(C(F)(F)F)N(P(=O)(Cl)Cl)C1. The van der Waals surface area contributed by atoms with Crippen LogP contribution in [0.15, 0.2) is 11.1 Å². The number of alkyl halides is 4. The van der Waals surface area contributed by atoms with Crippen molar-refractivity contribution in [2.24, 2.45) is 0 Å². The van der Waals surface area contributed by atoms with Crippen LogP contribution in [-0.2, 0) is 4.57 Å². The molecule has 9 heteroatoms. The molecule has 100 valence electrons. The summed E-state index contributed by atoms with van der Waals surface area (Å²) >= 11 is 16.3. The Hall–Kier alpha value is 0.590. The van der Waals surface area contributed by atoms with Crippen LogP contribution < -0.4 is 0 Å². The average molecular weight is 331 g/mol. The summed E-state index contributed by atoms with van der Waals surface area (Å²) in [6.45, 7) is 2.90. The van der Waals surface area contributed by atoms with Gasteiger partial charge in [0.25, 0.3) is 0 Å². The largest absolute Gasteiger partial charge is 0.421 e. The summed E-state index contributed by atoms with van der Waals surface area (Å²) in [5.41, 5.74) is 1.13. The van der Waals surface area contributed by atoms with Gasteiger partial charge in [-0.25, -0.2) is 0 Å². The van der Waals surface area contributed by atoms with Crippen molar-refractivity contribution >= 4 is 40.1 Å². The summed E-state index contributed by atoms with van der Waals surface area (Å²) in [7, 11) is 0. The number of nitrogens with zero attached hydrogens (tertiary/aromatic N) is 1. The highest BCUT2D eigenvalue weighted by Crippen LogP contribution is 2.67. The Morgan fingerprint density at radius 2 is 1.76 bits per heavy atom. The Kier molecular flexibility index (Phi) is 4.24. The van der Waals surface area contributed by atoms with Gasteiger partial charge in [0.2, 0.25) is 5.00 Å². The van der Waals surface area contributed by atoms with E-state index < -0.39 is 23.6 Å². The van der Waals surface area contributed by atoms with Gasteiger partial charge in [-0.05, 0) is 36.3 Å². The van der Waals surface area contributed by atoms with Gasteiger partial charge in [0.05, 0.1) is 0 Å². The minimum absolute atomic E-state index is 0.265. The van der Waals surface area contributed by atoms with Crippen molar-refractivity contribution < 1.29 is 17.7 Å². The molecule has 0 bridgehead atoms. The first kappa shape index (κ1) is 15.6. The van der Waals surface area contributed by atoms with Gasteiger partial charge in [-0.1, -0.05) is 22.7 Å². The van der Waals surface area contributed by atoms with E-state index in [2.05, 4.69) is 0 Å². The lowest BCUT2D eigenvalue weighted by molar-refractivity contribution is -0.188. The molecular formula is C8H10Cl3F3NOP. The Bertz CT molecular complexity index is 405. The monoisotopic (exact) mass is 329 g/mol. The van der Waals surface area contributed by atoms with Gasteiger partial charge in [-0.15, -0.1) is 0 Å². The average Bonchev–Trinajstić information content (AvgIpc) is 2.07. The molecule has 1 aliphatic heterocycles. The van der Waals surface area contributed by atoms with Crippen LogP contribution >= 0.6 is 40.1 Å². The maximum atomic E-state index is 13.0. The van der Waals surface area contributed by atoms with Crippen LogP contribution in [0.2, 0.25) is 0 Å². The van der Waals surface area contributed by atoms with Gasteiger partial charge in [0.15, 0.2) is 0 Å². The molecule has 1 aliphatic rings. The lowest BCUT2D eigenvalue weighted by Crippen LogP contribution is -2.54. The van der Waals surface area contributed by atoms with E-state index in [9.17, 15) is 17.7 Å². The Balaban J connectivity index is 3.32. The molecule has 1 atom stereocenters. The molecule has 0 spiro atoms. The maximum absolute atomic E-state index is 13.0. The van der Waals surface area contributed by atoms with Crippen molar-refractivity contribution in [2.75, 3.05) is 6.54 Å². The van der Waals surface area contributed by atoms with Crippen molar-refractivity contribution in [3.63, 3.8) is 0 Å². The highest BCUT2D eigenvalue weighted by atomic mass is 35.9. The van der Waals surface area contributed by atoms with Crippen LogP contribution in [0.5, 0.6) is 0 Å². The van der Waals surface area contributed by atoms with Crippen molar-refractivity contribution in [3.05, 3.63) is 11.1 Å². The number of hydrogen-bond donors (Lipinski definition) is 0. The predicted molar refractivity (Wildman–Crippen MR) is 63.6 cm³/mol. The molecule has 0 fully saturated rings. The molecule has 0 saturated heterocycles. The molecule has 0 aromatic rings. The molecule has 1 heterocycles. The molecule has 2 nitrogen and oxygen atoms in total. The quantitative estimate of drug-likeness (QED) is 0.288. The zero-order valence-corrected chi connectivity index (χ0v) is 12.1. The maximum Gasteiger partial charge on any atom is 0.421 e. The Labute approximate surface area is 112 Å². The molecule has 0 saturated carbocycles. The van der Waals surface area contributed by atoms with E-state index in [1.54, 1.807) is 13.8 Å². The minimum Gasteiger partial charge on any atom is -0.271 e. The van der Waals surface area contributed by atoms with Crippen LogP contribution in [-0.4, -0.2) is 22.4 Å². The normalized spacial score (nSPS) is 28.7. The van der Waals surface area contributed by atoms with Crippen molar-refractivity contribution in [2.45, 2.75) is 31.4 Å². The van der Waals surface area contributed by atoms with Gasteiger partial charge in [0.1, 0.15) is 0 Å². The van der Waals surface area contributed by atoms with Gasteiger partial charge >= 0.3 is 12.2 Å². The third-order valence-electron chi connectivity index (χ3n) is 2.74. The van der Waals surface area contributed by atoms with E-state index in [-0.39, 0.29) is 6.54 Å². The van der Waals surface area contributed by atoms with E-state index in [0.717, 1.165) is 0 Å². The fourth-order valence-corrected chi connectivity index (χ4v) is 4.43. The van der Waals surface area contributed by atoms with Crippen molar-refractivity contribution in [3.8, 4) is 0 Å². The highest BCUT2D eigenvalue weighted by Gasteiger charge is 2.62. The van der Waals surface area contributed by atoms with Crippen molar-refractivity contribution in [1.82, 2.24) is 4.67 Å². The van der Waals surface area contributed by atoms with E-state index in [0.29, 0.717) is 15.8 Å². The molecule has 0 amide bonds. The molecule has 0 aromatic heterocycles. The third kappa shape index (κ3) is 2.95. The summed E-state index contributed by atoms with van der Waals surface area (Å²) in [5, 5.41) is 0. The van der Waals surface area contributed by atoms with Gasteiger partial charge < -0.3 is 0 Å². The van der Waals surface area contributed by atoms with E-state index in [4.69, 9.17) is 34.1 Å². The third-order valence-corrected chi connectivity index (χ3v) is 5.55. The van der Waals surface area contributed by atoms with Gasteiger partial charge in [-0.2, -0.15) is 17.8 Å². The van der Waals surface area contributed by atoms with Crippen LogP contribution in [0.25, 0.3) is 0 Å². The van der Waals surface area contributed by atoms with Gasteiger partial charge in [-0.3, -0.25) is 4.57 Å². The lowest BCUT2D eigenvalue weighted by Gasteiger charge is -2.43. The minimum atomic E-state index is -4.78. The first-order valence-electron chi connectivity index (χ1n) is 4.58. The number of hydrogen-bond acceptors (Lipinski definition) is 1. The van der Waals surface area contributed by atoms with Crippen LogP contribution in [0.4, 0.5) is 13.2 Å². The van der Waals surface area contributed by atoms with E-state index >= 15 is 0 Å². The van der Waals surface area contributed by atoms with E-state index in [1.807, 2.05) is 0 Å². The molecule has 17 heavy (non-hydrogen) atoms. The molecular weight excluding hydrogens is 320 g/mol. The Morgan fingerprint density at radius 3 is 2.12 bits per heavy atom. The first-order valence-corrected chi connectivity index (χ1v) is 8.42. The van der Waals surface area contributed by atoms with Gasteiger partial charge in [0, 0.05) is 13.0 Å². The smallest absolute Gasteiger partial charge is 0.271 e. The lowest BCUT2D eigenvalue weighted by atomic mass is 9.97. The second kappa shape index (κ2) is 4.61. The number of rotatable bonds is 1. The summed E-state index contributed by atoms with van der Waals surface area (Å²) in [6, 6.07) is 0.